The lowest BCUT2D eigenvalue weighted by Gasteiger charge is -2.13. The fourth-order valence-electron chi connectivity index (χ4n) is 1.94. The zero-order valence-electron chi connectivity index (χ0n) is 11.8. The van der Waals surface area contributed by atoms with Crippen LogP contribution in [0.3, 0.4) is 0 Å². The summed E-state index contributed by atoms with van der Waals surface area (Å²) in [6, 6.07) is 10.7. The van der Waals surface area contributed by atoms with Crippen molar-refractivity contribution in [3.8, 4) is 5.75 Å². The molecular weight excluding hydrogens is 288 g/mol. The van der Waals surface area contributed by atoms with Crippen LogP contribution in [0, 0.1) is 10.1 Å². The van der Waals surface area contributed by atoms with Crippen LogP contribution in [0.2, 0.25) is 0 Å². The Morgan fingerprint density at radius 1 is 1.33 bits per heavy atom. The number of benzene rings is 1. The molecule has 6 heteroatoms. The number of nitro groups is 1. The van der Waals surface area contributed by atoms with Crippen LogP contribution in [0.1, 0.15) is 11.8 Å². The first-order valence-electron chi connectivity index (χ1n) is 6.78. The molecule has 0 aliphatic rings. The third-order valence-electron chi connectivity index (χ3n) is 3.00. The van der Waals surface area contributed by atoms with Gasteiger partial charge < -0.3 is 10.1 Å². The Labute approximate surface area is 127 Å². The first-order valence-corrected chi connectivity index (χ1v) is 7.66. The third kappa shape index (κ3) is 5.17. The van der Waals surface area contributed by atoms with E-state index in [1.807, 2.05) is 0 Å². The summed E-state index contributed by atoms with van der Waals surface area (Å²) >= 11 is 1.76. The van der Waals surface area contributed by atoms with Crippen LogP contribution >= 0.6 is 11.3 Å². The SMILES string of the molecule is CC(Cc1cccs1)NCCOc1ccc([N+](=O)[O-])cc1. The summed E-state index contributed by atoms with van der Waals surface area (Å²) in [5.41, 5.74) is 0.0741. The van der Waals surface area contributed by atoms with Crippen molar-refractivity contribution in [1.82, 2.24) is 5.32 Å². The van der Waals surface area contributed by atoms with Crippen molar-refractivity contribution in [3.63, 3.8) is 0 Å². The second kappa shape index (κ2) is 7.75. The molecule has 0 spiro atoms. The second-order valence-electron chi connectivity index (χ2n) is 4.74. The van der Waals surface area contributed by atoms with Gasteiger partial charge in [-0.3, -0.25) is 10.1 Å². The summed E-state index contributed by atoms with van der Waals surface area (Å²) in [4.78, 5) is 11.5. The van der Waals surface area contributed by atoms with Crippen LogP contribution in [-0.2, 0) is 6.42 Å². The summed E-state index contributed by atoms with van der Waals surface area (Å²) < 4.78 is 5.54. The lowest BCUT2D eigenvalue weighted by molar-refractivity contribution is -0.384. The van der Waals surface area contributed by atoms with Gasteiger partial charge in [-0.1, -0.05) is 6.07 Å². The minimum atomic E-state index is -0.419. The first kappa shape index (κ1) is 15.5. The number of thiophene rings is 1. The van der Waals surface area contributed by atoms with E-state index >= 15 is 0 Å². The highest BCUT2D eigenvalue weighted by atomic mass is 32.1. The molecule has 0 aliphatic heterocycles. The fraction of sp³-hybridized carbons (Fsp3) is 0.333. The number of non-ortho nitro benzene ring substituents is 1. The first-order chi connectivity index (χ1) is 10.1. The van der Waals surface area contributed by atoms with Gasteiger partial charge in [-0.2, -0.15) is 0 Å². The molecule has 1 N–H and O–H groups in total. The van der Waals surface area contributed by atoms with Crippen molar-refractivity contribution >= 4 is 17.0 Å². The van der Waals surface area contributed by atoms with Gasteiger partial charge in [0.05, 0.1) is 4.92 Å². The summed E-state index contributed by atoms with van der Waals surface area (Å²) in [5, 5.41) is 16.0. The smallest absolute Gasteiger partial charge is 0.269 e. The Bertz CT molecular complexity index is 555. The van der Waals surface area contributed by atoms with Gasteiger partial charge in [-0.25, -0.2) is 0 Å². The van der Waals surface area contributed by atoms with E-state index < -0.39 is 4.92 Å². The number of rotatable bonds is 8. The van der Waals surface area contributed by atoms with Gasteiger partial charge in [0.25, 0.3) is 5.69 Å². The van der Waals surface area contributed by atoms with Crippen molar-refractivity contribution in [1.29, 1.82) is 0 Å². The highest BCUT2D eigenvalue weighted by Gasteiger charge is 2.05. The summed E-state index contributed by atoms with van der Waals surface area (Å²) in [5.74, 6) is 0.647. The highest BCUT2D eigenvalue weighted by Crippen LogP contribution is 2.17. The van der Waals surface area contributed by atoms with E-state index in [1.165, 1.54) is 17.0 Å². The van der Waals surface area contributed by atoms with Crippen LogP contribution in [0.5, 0.6) is 5.75 Å². The van der Waals surface area contributed by atoms with Crippen LogP contribution in [0.25, 0.3) is 0 Å². The lowest BCUT2D eigenvalue weighted by Crippen LogP contribution is -2.31. The Morgan fingerprint density at radius 3 is 2.71 bits per heavy atom. The molecule has 2 aromatic rings. The molecule has 0 bridgehead atoms. The third-order valence-corrected chi connectivity index (χ3v) is 3.90. The monoisotopic (exact) mass is 306 g/mol. The molecule has 1 unspecified atom stereocenters. The molecule has 2 rings (SSSR count). The fourth-order valence-corrected chi connectivity index (χ4v) is 2.78. The highest BCUT2D eigenvalue weighted by molar-refractivity contribution is 7.09. The van der Waals surface area contributed by atoms with Crippen molar-refractivity contribution in [2.45, 2.75) is 19.4 Å². The predicted octanol–water partition coefficient (Wildman–Crippen LogP) is 3.26. The molecule has 0 saturated carbocycles. The van der Waals surface area contributed by atoms with Gasteiger partial charge in [-0.15, -0.1) is 11.3 Å². The van der Waals surface area contributed by atoms with Gasteiger partial charge >= 0.3 is 0 Å². The predicted molar refractivity (Wildman–Crippen MR) is 84.1 cm³/mol. The minimum Gasteiger partial charge on any atom is -0.492 e. The maximum Gasteiger partial charge on any atom is 0.269 e. The van der Waals surface area contributed by atoms with E-state index in [-0.39, 0.29) is 5.69 Å². The number of hydrogen-bond donors (Lipinski definition) is 1. The average molecular weight is 306 g/mol. The van der Waals surface area contributed by atoms with E-state index in [4.69, 9.17) is 4.74 Å². The molecule has 112 valence electrons. The molecule has 0 fully saturated rings. The molecule has 0 saturated heterocycles. The summed E-state index contributed by atoms with van der Waals surface area (Å²) in [7, 11) is 0. The maximum atomic E-state index is 10.5. The van der Waals surface area contributed by atoms with Crippen molar-refractivity contribution in [3.05, 3.63) is 56.8 Å². The van der Waals surface area contributed by atoms with Crippen molar-refractivity contribution in [2.24, 2.45) is 0 Å². The number of nitrogens with one attached hydrogen (secondary N) is 1. The molecule has 5 nitrogen and oxygen atoms in total. The molecule has 0 aliphatic carbocycles. The maximum absolute atomic E-state index is 10.5. The van der Waals surface area contributed by atoms with Crippen LogP contribution in [0.4, 0.5) is 5.69 Å². The van der Waals surface area contributed by atoms with Crippen LogP contribution in [-0.4, -0.2) is 24.1 Å². The molecule has 0 radical (unpaired) electrons. The van der Waals surface area contributed by atoms with Gasteiger partial charge in [-0.05, 0) is 36.9 Å². The number of nitrogens with zero attached hydrogens (tertiary/aromatic N) is 1. The summed E-state index contributed by atoms with van der Waals surface area (Å²) in [6.07, 6.45) is 1.01. The summed E-state index contributed by atoms with van der Waals surface area (Å²) in [6.45, 7) is 3.42. The van der Waals surface area contributed by atoms with Gasteiger partial charge in [0.2, 0.25) is 0 Å². The van der Waals surface area contributed by atoms with Crippen LogP contribution in [0.15, 0.2) is 41.8 Å². The largest absolute Gasteiger partial charge is 0.492 e. The standard InChI is InChI=1S/C15H18N2O3S/c1-12(11-15-3-2-10-21-15)16-8-9-20-14-6-4-13(5-7-14)17(18)19/h2-7,10,12,16H,8-9,11H2,1H3. The van der Waals surface area contributed by atoms with E-state index in [1.54, 1.807) is 23.5 Å². The normalized spacial score (nSPS) is 12.0. The minimum absolute atomic E-state index is 0.0741. The Kier molecular flexibility index (Phi) is 5.71. The topological polar surface area (TPSA) is 64.4 Å². The zero-order valence-corrected chi connectivity index (χ0v) is 12.6. The molecule has 0 amide bonds. The molecule has 1 aromatic heterocycles. The molecule has 1 aromatic carbocycles. The van der Waals surface area contributed by atoms with Gasteiger partial charge in [0, 0.05) is 29.6 Å². The number of ether oxygens (including phenoxy) is 1. The molecule has 21 heavy (non-hydrogen) atoms. The number of nitro benzene ring substituents is 1. The van der Waals surface area contributed by atoms with E-state index in [0.717, 1.165) is 13.0 Å². The number of hydrogen-bond acceptors (Lipinski definition) is 5. The van der Waals surface area contributed by atoms with E-state index in [9.17, 15) is 10.1 Å². The molecular formula is C15H18N2O3S. The Morgan fingerprint density at radius 2 is 2.10 bits per heavy atom. The molecule has 1 atom stereocenters. The average Bonchev–Trinajstić information content (AvgIpc) is 2.97. The molecule has 1 heterocycles. The van der Waals surface area contributed by atoms with Crippen molar-refractivity contribution in [2.75, 3.05) is 13.2 Å². The van der Waals surface area contributed by atoms with E-state index in [0.29, 0.717) is 18.4 Å². The Hall–Kier alpha value is -1.92. The lowest BCUT2D eigenvalue weighted by atomic mass is 10.2. The zero-order chi connectivity index (χ0) is 15.1. The Balaban J connectivity index is 1.66. The van der Waals surface area contributed by atoms with Gasteiger partial charge in [0.15, 0.2) is 0 Å². The second-order valence-corrected chi connectivity index (χ2v) is 5.77. The quantitative estimate of drug-likeness (QED) is 0.462. The van der Waals surface area contributed by atoms with E-state index in [2.05, 4.69) is 29.8 Å². The van der Waals surface area contributed by atoms with Crippen molar-refractivity contribution < 1.29 is 9.66 Å². The van der Waals surface area contributed by atoms with Gasteiger partial charge in [0.1, 0.15) is 12.4 Å². The van der Waals surface area contributed by atoms with Crippen LogP contribution < -0.4 is 10.1 Å².